The van der Waals surface area contributed by atoms with E-state index in [0.717, 1.165) is 21.3 Å². The molecule has 0 saturated carbocycles. The van der Waals surface area contributed by atoms with Gasteiger partial charge in [-0.15, -0.1) is 0 Å². The Labute approximate surface area is 147 Å². The standard InChI is InChI=1S/C14H15N7O2S2/c15-14-17-9-5-4-7(6-10(9)24-14)8-2-1-3-11(25(16,22)23)12(8)13-18-20-21-19-13/h1-6,13,18-21H,(H2,15,17)(H2,16,22,23). The van der Waals surface area contributed by atoms with E-state index in [1.165, 1.54) is 17.4 Å². The Kier molecular flexibility index (Phi) is 3.92. The van der Waals surface area contributed by atoms with E-state index in [2.05, 4.69) is 26.9 Å². The number of nitrogens with one attached hydrogen (secondary N) is 4. The maximum absolute atomic E-state index is 12.1. The van der Waals surface area contributed by atoms with Gasteiger partial charge in [0.25, 0.3) is 0 Å². The van der Waals surface area contributed by atoms with Crippen molar-refractivity contribution in [3.63, 3.8) is 0 Å². The molecule has 2 heterocycles. The molecule has 0 spiro atoms. The third kappa shape index (κ3) is 2.98. The number of thiazole rings is 1. The molecule has 1 saturated heterocycles. The van der Waals surface area contributed by atoms with E-state index < -0.39 is 16.2 Å². The van der Waals surface area contributed by atoms with Crippen molar-refractivity contribution in [3.8, 4) is 11.1 Å². The van der Waals surface area contributed by atoms with Crippen LogP contribution in [0.3, 0.4) is 0 Å². The number of hydrogen-bond acceptors (Lipinski definition) is 9. The molecular weight excluding hydrogens is 362 g/mol. The van der Waals surface area contributed by atoms with Crippen molar-refractivity contribution in [1.82, 2.24) is 26.9 Å². The largest absolute Gasteiger partial charge is 0.375 e. The summed E-state index contributed by atoms with van der Waals surface area (Å²) < 4.78 is 25.1. The van der Waals surface area contributed by atoms with Gasteiger partial charge in [-0.2, -0.15) is 11.1 Å². The van der Waals surface area contributed by atoms with E-state index >= 15 is 0 Å². The Morgan fingerprint density at radius 2 is 1.88 bits per heavy atom. The van der Waals surface area contributed by atoms with Crippen LogP contribution >= 0.6 is 11.3 Å². The molecule has 25 heavy (non-hydrogen) atoms. The molecule has 0 unspecified atom stereocenters. The fourth-order valence-corrected chi connectivity index (χ4v) is 4.42. The Morgan fingerprint density at radius 3 is 2.60 bits per heavy atom. The molecular formula is C14H15N7O2S2. The van der Waals surface area contributed by atoms with Gasteiger partial charge in [0.2, 0.25) is 10.0 Å². The number of benzene rings is 2. The molecule has 3 aromatic rings. The molecule has 1 aromatic heterocycles. The second-order valence-corrected chi connectivity index (χ2v) is 8.06. The lowest BCUT2D eigenvalue weighted by atomic mass is 9.98. The Hall–Kier alpha value is -2.12. The molecule has 1 fully saturated rings. The SMILES string of the molecule is Nc1nc2ccc(-c3cccc(S(N)(=O)=O)c3C3NNNN3)cc2s1. The number of aromatic nitrogens is 1. The van der Waals surface area contributed by atoms with E-state index in [9.17, 15) is 8.42 Å². The lowest BCUT2D eigenvalue weighted by Crippen LogP contribution is -2.33. The second-order valence-electron chi connectivity index (χ2n) is 5.47. The highest BCUT2D eigenvalue weighted by molar-refractivity contribution is 7.89. The van der Waals surface area contributed by atoms with Crippen molar-refractivity contribution in [2.24, 2.45) is 5.14 Å². The first-order chi connectivity index (χ1) is 11.9. The highest BCUT2D eigenvalue weighted by Gasteiger charge is 2.27. The Balaban J connectivity index is 1.96. The number of rotatable bonds is 3. The number of hydrogen-bond donors (Lipinski definition) is 6. The monoisotopic (exact) mass is 377 g/mol. The first-order valence-corrected chi connectivity index (χ1v) is 9.63. The highest BCUT2D eigenvalue weighted by atomic mass is 32.2. The van der Waals surface area contributed by atoms with Crippen LogP contribution in [0.5, 0.6) is 0 Å². The molecule has 130 valence electrons. The van der Waals surface area contributed by atoms with Crippen molar-refractivity contribution >= 4 is 36.7 Å². The van der Waals surface area contributed by atoms with Gasteiger partial charge in [0.05, 0.1) is 15.1 Å². The molecule has 0 aliphatic carbocycles. The van der Waals surface area contributed by atoms with E-state index in [1.54, 1.807) is 6.07 Å². The number of anilines is 1. The lowest BCUT2D eigenvalue weighted by molar-refractivity contribution is 0.540. The van der Waals surface area contributed by atoms with Gasteiger partial charge >= 0.3 is 0 Å². The van der Waals surface area contributed by atoms with Gasteiger partial charge in [-0.05, 0) is 29.3 Å². The average molecular weight is 377 g/mol. The molecule has 0 atom stereocenters. The van der Waals surface area contributed by atoms with Gasteiger partial charge in [0, 0.05) is 5.56 Å². The van der Waals surface area contributed by atoms with Gasteiger partial charge in [-0.1, -0.05) is 29.5 Å². The van der Waals surface area contributed by atoms with Gasteiger partial charge in [-0.25, -0.2) is 29.4 Å². The first kappa shape index (κ1) is 16.4. The van der Waals surface area contributed by atoms with E-state index in [4.69, 9.17) is 10.9 Å². The number of fused-ring (bicyclic) bond motifs is 1. The molecule has 9 nitrogen and oxygen atoms in total. The highest BCUT2D eigenvalue weighted by Crippen LogP contribution is 2.35. The van der Waals surface area contributed by atoms with Crippen molar-refractivity contribution in [3.05, 3.63) is 42.0 Å². The van der Waals surface area contributed by atoms with Gasteiger partial charge in [0.15, 0.2) is 5.13 Å². The van der Waals surface area contributed by atoms with Gasteiger partial charge < -0.3 is 5.73 Å². The van der Waals surface area contributed by atoms with Gasteiger partial charge in [0.1, 0.15) is 6.17 Å². The molecule has 4 rings (SSSR count). The number of hydrazine groups is 3. The van der Waals surface area contributed by atoms with Crippen molar-refractivity contribution < 1.29 is 8.42 Å². The molecule has 1 aliphatic heterocycles. The van der Waals surface area contributed by atoms with Crippen LogP contribution in [-0.2, 0) is 10.0 Å². The number of sulfonamides is 1. The van der Waals surface area contributed by atoms with E-state index in [1.807, 2.05) is 24.3 Å². The third-order valence-electron chi connectivity index (χ3n) is 3.87. The lowest BCUT2D eigenvalue weighted by Gasteiger charge is -2.18. The summed E-state index contributed by atoms with van der Waals surface area (Å²) in [7, 11) is -3.91. The number of nitrogens with zero attached hydrogens (tertiary/aromatic N) is 1. The summed E-state index contributed by atoms with van der Waals surface area (Å²) in [6.45, 7) is 0. The predicted octanol–water partition coefficient (Wildman–Crippen LogP) is 0.308. The summed E-state index contributed by atoms with van der Waals surface area (Å²) in [5.41, 5.74) is 19.9. The number of nitrogens with two attached hydrogens (primary N) is 2. The van der Waals surface area contributed by atoms with Crippen LogP contribution < -0.4 is 32.8 Å². The fourth-order valence-electron chi connectivity index (χ4n) is 2.85. The third-order valence-corrected chi connectivity index (χ3v) is 5.69. The van der Waals surface area contributed by atoms with Crippen molar-refractivity contribution in [2.75, 3.05) is 5.73 Å². The van der Waals surface area contributed by atoms with Crippen LogP contribution in [0.15, 0.2) is 41.3 Å². The zero-order valence-electron chi connectivity index (χ0n) is 12.8. The minimum atomic E-state index is -3.91. The van der Waals surface area contributed by atoms with Crippen molar-refractivity contribution in [2.45, 2.75) is 11.1 Å². The summed E-state index contributed by atoms with van der Waals surface area (Å²) in [6.07, 6.45) is -0.494. The van der Waals surface area contributed by atoms with Crippen LogP contribution in [0, 0.1) is 0 Å². The zero-order valence-corrected chi connectivity index (χ0v) is 14.4. The molecule has 1 aliphatic rings. The number of nitrogen functional groups attached to an aromatic ring is 1. The summed E-state index contributed by atoms with van der Waals surface area (Å²) in [5.74, 6) is 0. The van der Waals surface area contributed by atoms with E-state index in [0.29, 0.717) is 10.7 Å². The minimum Gasteiger partial charge on any atom is -0.375 e. The smallest absolute Gasteiger partial charge is 0.238 e. The summed E-state index contributed by atoms with van der Waals surface area (Å²) in [4.78, 5) is 4.29. The molecule has 0 radical (unpaired) electrons. The van der Waals surface area contributed by atoms with E-state index in [-0.39, 0.29) is 4.90 Å². The average Bonchev–Trinajstić information content (AvgIpc) is 3.20. The minimum absolute atomic E-state index is 0.0458. The normalized spacial score (nSPS) is 15.9. The van der Waals surface area contributed by atoms with Crippen LogP contribution in [0.2, 0.25) is 0 Å². The van der Waals surface area contributed by atoms with Crippen LogP contribution in [-0.4, -0.2) is 13.4 Å². The van der Waals surface area contributed by atoms with Crippen LogP contribution in [0.1, 0.15) is 11.7 Å². The summed E-state index contributed by atoms with van der Waals surface area (Å²) in [5, 5.41) is 5.90. The van der Waals surface area contributed by atoms with Gasteiger partial charge in [-0.3, -0.25) is 0 Å². The topological polar surface area (TPSA) is 147 Å². The molecule has 11 heteroatoms. The molecule has 0 amide bonds. The molecule has 2 aromatic carbocycles. The Bertz CT molecular complexity index is 1060. The first-order valence-electron chi connectivity index (χ1n) is 7.27. The second kappa shape index (κ2) is 6.00. The Morgan fingerprint density at radius 1 is 1.12 bits per heavy atom. The fraction of sp³-hybridized carbons (Fsp3) is 0.0714. The van der Waals surface area contributed by atoms with Crippen LogP contribution in [0.25, 0.3) is 21.3 Å². The quantitative estimate of drug-likeness (QED) is 0.382. The molecule has 8 N–H and O–H groups in total. The number of primary sulfonamides is 1. The summed E-state index contributed by atoms with van der Waals surface area (Å²) >= 11 is 1.38. The maximum atomic E-state index is 12.1. The van der Waals surface area contributed by atoms with Crippen LogP contribution in [0.4, 0.5) is 5.13 Å². The zero-order chi connectivity index (χ0) is 17.6. The summed E-state index contributed by atoms with van der Waals surface area (Å²) in [6, 6.07) is 10.7. The van der Waals surface area contributed by atoms with Crippen molar-refractivity contribution in [1.29, 1.82) is 0 Å². The maximum Gasteiger partial charge on any atom is 0.238 e. The predicted molar refractivity (Wildman–Crippen MR) is 96.1 cm³/mol. The molecule has 0 bridgehead atoms.